The van der Waals surface area contributed by atoms with Crippen molar-refractivity contribution in [1.82, 2.24) is 0 Å². The van der Waals surface area contributed by atoms with Crippen molar-refractivity contribution >= 4 is 17.0 Å². The predicted octanol–water partition coefficient (Wildman–Crippen LogP) is 4.05. The molecule has 0 saturated heterocycles. The monoisotopic (exact) mass is 274 g/mol. The van der Waals surface area contributed by atoms with Crippen LogP contribution in [0.5, 0.6) is 0 Å². The van der Waals surface area contributed by atoms with E-state index in [4.69, 9.17) is 5.73 Å². The molecule has 0 aliphatic heterocycles. The maximum atomic E-state index is 6.04. The van der Waals surface area contributed by atoms with Crippen LogP contribution in [-0.2, 0) is 0 Å². The molecule has 0 aliphatic rings. The van der Waals surface area contributed by atoms with Gasteiger partial charge in [0.1, 0.15) is 0 Å². The van der Waals surface area contributed by atoms with Crippen LogP contribution in [0.3, 0.4) is 0 Å². The second-order valence-corrected chi connectivity index (χ2v) is 5.63. The first-order valence-electron chi connectivity index (χ1n) is 6.92. The van der Waals surface area contributed by atoms with Gasteiger partial charge in [-0.3, -0.25) is 0 Å². The third-order valence-electron chi connectivity index (χ3n) is 3.31. The summed E-state index contributed by atoms with van der Waals surface area (Å²) in [5, 5.41) is 2.13. The fourth-order valence-corrected chi connectivity index (χ4v) is 3.14. The fraction of sp³-hybridized carbons (Fsp3) is 0.375. The third-order valence-corrected chi connectivity index (χ3v) is 4.29. The van der Waals surface area contributed by atoms with Gasteiger partial charge in [-0.2, -0.15) is 0 Å². The van der Waals surface area contributed by atoms with Crippen molar-refractivity contribution in [1.29, 1.82) is 0 Å². The van der Waals surface area contributed by atoms with Gasteiger partial charge in [-0.1, -0.05) is 37.6 Å². The highest BCUT2D eigenvalue weighted by atomic mass is 32.1. The highest BCUT2D eigenvalue weighted by Gasteiger charge is 2.19. The topological polar surface area (TPSA) is 29.3 Å². The highest BCUT2D eigenvalue weighted by Crippen LogP contribution is 2.29. The Morgan fingerprint density at radius 1 is 1.16 bits per heavy atom. The van der Waals surface area contributed by atoms with Crippen molar-refractivity contribution in [2.24, 2.45) is 5.73 Å². The Balaban J connectivity index is 2.25. The molecular weight excluding hydrogens is 252 g/mol. The molecule has 0 bridgehead atoms. The molecule has 2 nitrogen and oxygen atoms in total. The lowest BCUT2D eigenvalue weighted by Gasteiger charge is -2.32. The number of nitrogens with zero attached hydrogens (tertiary/aromatic N) is 1. The lowest BCUT2D eigenvalue weighted by Crippen LogP contribution is -2.34. The first-order valence-corrected chi connectivity index (χ1v) is 7.80. The summed E-state index contributed by atoms with van der Waals surface area (Å²) in [6.07, 6.45) is 2.39. The van der Waals surface area contributed by atoms with Gasteiger partial charge in [0, 0.05) is 23.7 Å². The molecule has 1 aromatic carbocycles. The number of benzene rings is 1. The number of para-hydroxylation sites is 1. The standard InChI is InChI=1S/C16H22N2S/c1-2-3-11-18(14-8-5-4-6-9-14)15(13-17)16-10-7-12-19-16/h4-10,12,15H,2-3,11,13,17H2,1H3. The largest absolute Gasteiger partial charge is 0.362 e. The van der Waals surface area contributed by atoms with Crippen molar-refractivity contribution < 1.29 is 0 Å². The smallest absolute Gasteiger partial charge is 0.0757 e. The Morgan fingerprint density at radius 3 is 2.53 bits per heavy atom. The zero-order valence-corrected chi connectivity index (χ0v) is 12.3. The van der Waals surface area contributed by atoms with Gasteiger partial charge in [-0.25, -0.2) is 0 Å². The van der Waals surface area contributed by atoms with Crippen LogP contribution < -0.4 is 10.6 Å². The molecule has 1 aromatic heterocycles. The van der Waals surface area contributed by atoms with E-state index in [0.717, 1.165) is 6.54 Å². The van der Waals surface area contributed by atoms with Gasteiger partial charge in [0.15, 0.2) is 0 Å². The van der Waals surface area contributed by atoms with E-state index >= 15 is 0 Å². The van der Waals surface area contributed by atoms with Crippen LogP contribution in [0.2, 0.25) is 0 Å². The van der Waals surface area contributed by atoms with E-state index in [1.54, 1.807) is 11.3 Å². The van der Waals surface area contributed by atoms with Gasteiger partial charge in [0.2, 0.25) is 0 Å². The van der Waals surface area contributed by atoms with Gasteiger partial charge in [0.05, 0.1) is 6.04 Å². The van der Waals surface area contributed by atoms with Crippen LogP contribution in [0.1, 0.15) is 30.7 Å². The van der Waals surface area contributed by atoms with Crippen LogP contribution in [0.4, 0.5) is 5.69 Å². The number of hydrogen-bond acceptors (Lipinski definition) is 3. The molecule has 0 spiro atoms. The van der Waals surface area contributed by atoms with Crippen molar-refractivity contribution in [2.45, 2.75) is 25.8 Å². The molecule has 2 aromatic rings. The molecule has 0 saturated carbocycles. The molecule has 1 heterocycles. The van der Waals surface area contributed by atoms with Gasteiger partial charge in [-0.15, -0.1) is 11.3 Å². The minimum Gasteiger partial charge on any atom is -0.362 e. The van der Waals surface area contributed by atoms with E-state index in [9.17, 15) is 0 Å². The summed E-state index contributed by atoms with van der Waals surface area (Å²) in [6, 6.07) is 15.2. The Morgan fingerprint density at radius 2 is 1.95 bits per heavy atom. The quantitative estimate of drug-likeness (QED) is 0.825. The van der Waals surface area contributed by atoms with Gasteiger partial charge < -0.3 is 10.6 Å². The SMILES string of the molecule is CCCCN(c1ccccc1)C(CN)c1cccs1. The first-order chi connectivity index (χ1) is 9.36. The molecule has 0 radical (unpaired) electrons. The maximum absolute atomic E-state index is 6.04. The zero-order valence-electron chi connectivity index (χ0n) is 11.5. The van der Waals surface area contributed by atoms with Crippen molar-refractivity contribution in [3.63, 3.8) is 0 Å². The summed E-state index contributed by atoms with van der Waals surface area (Å²) in [5.74, 6) is 0. The maximum Gasteiger partial charge on any atom is 0.0757 e. The Kier molecular flexibility index (Phi) is 5.43. The Bertz CT molecular complexity index is 453. The second kappa shape index (κ2) is 7.31. The second-order valence-electron chi connectivity index (χ2n) is 4.65. The number of anilines is 1. The van der Waals surface area contributed by atoms with Crippen LogP contribution in [0.25, 0.3) is 0 Å². The lowest BCUT2D eigenvalue weighted by atomic mass is 10.1. The molecule has 2 rings (SSSR count). The summed E-state index contributed by atoms with van der Waals surface area (Å²) < 4.78 is 0. The number of unbranched alkanes of at least 4 members (excludes halogenated alkanes) is 1. The average Bonchev–Trinajstić information content (AvgIpc) is 2.98. The zero-order chi connectivity index (χ0) is 13.5. The fourth-order valence-electron chi connectivity index (χ4n) is 2.29. The van der Waals surface area contributed by atoms with Gasteiger partial charge in [0.25, 0.3) is 0 Å². The van der Waals surface area contributed by atoms with Crippen LogP contribution in [0.15, 0.2) is 47.8 Å². The van der Waals surface area contributed by atoms with Crippen LogP contribution in [0, 0.1) is 0 Å². The van der Waals surface area contributed by atoms with E-state index in [0.29, 0.717) is 6.54 Å². The number of hydrogen-bond donors (Lipinski definition) is 1. The molecule has 2 N–H and O–H groups in total. The number of rotatable bonds is 7. The summed E-state index contributed by atoms with van der Waals surface area (Å²) in [7, 11) is 0. The summed E-state index contributed by atoms with van der Waals surface area (Å²) >= 11 is 1.79. The highest BCUT2D eigenvalue weighted by molar-refractivity contribution is 7.10. The van der Waals surface area contributed by atoms with Crippen LogP contribution >= 0.6 is 11.3 Å². The number of nitrogens with two attached hydrogens (primary N) is 1. The summed E-state index contributed by atoms with van der Waals surface area (Å²) in [6.45, 7) is 3.94. The molecule has 3 heteroatoms. The minimum absolute atomic E-state index is 0.286. The van der Waals surface area contributed by atoms with Crippen molar-refractivity contribution in [3.8, 4) is 0 Å². The van der Waals surface area contributed by atoms with Crippen molar-refractivity contribution in [2.75, 3.05) is 18.0 Å². The molecule has 1 unspecified atom stereocenters. The molecule has 1 atom stereocenters. The third kappa shape index (κ3) is 3.58. The molecule has 0 aliphatic carbocycles. The van der Waals surface area contributed by atoms with E-state index in [1.807, 2.05) is 0 Å². The number of thiophene rings is 1. The molecule has 19 heavy (non-hydrogen) atoms. The van der Waals surface area contributed by atoms with Gasteiger partial charge in [-0.05, 0) is 30.0 Å². The average molecular weight is 274 g/mol. The van der Waals surface area contributed by atoms with E-state index in [1.165, 1.54) is 23.4 Å². The molecule has 102 valence electrons. The molecule has 0 fully saturated rings. The van der Waals surface area contributed by atoms with E-state index in [2.05, 4.69) is 59.7 Å². The van der Waals surface area contributed by atoms with Crippen LogP contribution in [-0.4, -0.2) is 13.1 Å². The molecular formula is C16H22N2S. The predicted molar refractivity (Wildman–Crippen MR) is 84.8 cm³/mol. The normalized spacial score (nSPS) is 12.3. The Hall–Kier alpha value is -1.32. The Labute approximate surface area is 119 Å². The minimum atomic E-state index is 0.286. The summed E-state index contributed by atoms with van der Waals surface area (Å²) in [4.78, 5) is 3.79. The first kappa shape index (κ1) is 14.1. The van der Waals surface area contributed by atoms with Gasteiger partial charge >= 0.3 is 0 Å². The van der Waals surface area contributed by atoms with E-state index < -0.39 is 0 Å². The van der Waals surface area contributed by atoms with Crippen molar-refractivity contribution in [3.05, 3.63) is 52.7 Å². The molecule has 0 amide bonds. The van der Waals surface area contributed by atoms with E-state index in [-0.39, 0.29) is 6.04 Å². The lowest BCUT2D eigenvalue weighted by molar-refractivity contribution is 0.612. The summed E-state index contributed by atoms with van der Waals surface area (Å²) in [5.41, 5.74) is 7.30.